The number of nitrogens with zero attached hydrogens (tertiary/aromatic N) is 4. The van der Waals surface area contributed by atoms with Crippen molar-refractivity contribution in [1.82, 2.24) is 15.1 Å². The van der Waals surface area contributed by atoms with Gasteiger partial charge in [-0.1, -0.05) is 0 Å². The lowest BCUT2D eigenvalue weighted by Crippen LogP contribution is -2.35. The summed E-state index contributed by atoms with van der Waals surface area (Å²) in [5, 5.41) is 8.41. The van der Waals surface area contributed by atoms with Crippen molar-refractivity contribution in [1.29, 1.82) is 0 Å². The number of alkyl halides is 3. The summed E-state index contributed by atoms with van der Waals surface area (Å²) in [7, 11) is 1.45. The van der Waals surface area contributed by atoms with Crippen LogP contribution in [0, 0.1) is 0 Å². The largest absolute Gasteiger partial charge is 0.416 e. The number of hydrogen-bond donors (Lipinski definition) is 0. The number of carbonyl (C=O) groups is 1. The zero-order valence-electron chi connectivity index (χ0n) is 9.56. The second kappa shape index (κ2) is 3.97. The lowest BCUT2D eigenvalue weighted by molar-refractivity contribution is -0.137. The predicted octanol–water partition coefficient (Wildman–Crippen LogP) is 1.56. The van der Waals surface area contributed by atoms with Crippen molar-refractivity contribution in [3.63, 3.8) is 0 Å². The third-order valence-electron chi connectivity index (χ3n) is 2.50. The Morgan fingerprint density at radius 2 is 2.06 bits per heavy atom. The molecule has 0 radical (unpaired) electrons. The van der Waals surface area contributed by atoms with Crippen molar-refractivity contribution in [2.75, 3.05) is 12.1 Å². The van der Waals surface area contributed by atoms with Gasteiger partial charge in [0.1, 0.15) is 11.0 Å². The summed E-state index contributed by atoms with van der Waals surface area (Å²) in [5.74, 6) is -0.304. The molecule has 2 aromatic rings. The first-order valence-electron chi connectivity index (χ1n) is 4.98. The Kier molecular flexibility index (Phi) is 2.72. The molecule has 0 atom stereocenters. The van der Waals surface area contributed by atoms with E-state index in [0.717, 1.165) is 21.9 Å². The van der Waals surface area contributed by atoms with Crippen LogP contribution in [0.25, 0.3) is 11.0 Å². The zero-order valence-corrected chi connectivity index (χ0v) is 9.56. The van der Waals surface area contributed by atoms with Crippen molar-refractivity contribution in [3.8, 4) is 0 Å². The molecule has 1 aromatic heterocycles. The number of rotatable bonds is 1. The molecule has 0 aliphatic heterocycles. The lowest BCUT2D eigenvalue weighted by Gasteiger charge is -2.14. The minimum Gasteiger partial charge on any atom is -0.273 e. The normalized spacial score (nSPS) is 11.8. The van der Waals surface area contributed by atoms with Crippen molar-refractivity contribution in [2.24, 2.45) is 0 Å². The summed E-state index contributed by atoms with van der Waals surface area (Å²) >= 11 is 0. The van der Waals surface area contributed by atoms with Crippen LogP contribution >= 0.6 is 0 Å². The SMILES string of the molecule is CC(=O)N(C)n1nnc2cc(C(F)(F)F)ccc21. The van der Waals surface area contributed by atoms with Crippen LogP contribution in [0.5, 0.6) is 0 Å². The van der Waals surface area contributed by atoms with Crippen LogP contribution in [0.4, 0.5) is 13.2 Å². The Morgan fingerprint density at radius 1 is 1.39 bits per heavy atom. The molecule has 96 valence electrons. The fraction of sp³-hybridized carbons (Fsp3) is 0.300. The van der Waals surface area contributed by atoms with Crippen LogP contribution in [0.1, 0.15) is 12.5 Å². The average Bonchev–Trinajstić information content (AvgIpc) is 2.69. The summed E-state index contributed by atoms with van der Waals surface area (Å²) in [6, 6.07) is 3.06. The molecular formula is C10H9F3N4O. The van der Waals surface area contributed by atoms with Crippen molar-refractivity contribution in [3.05, 3.63) is 23.8 Å². The first-order valence-corrected chi connectivity index (χ1v) is 4.98. The quantitative estimate of drug-likeness (QED) is 0.780. The Balaban J connectivity index is 2.54. The van der Waals surface area contributed by atoms with E-state index in [9.17, 15) is 18.0 Å². The molecule has 0 N–H and O–H groups in total. The molecule has 1 amide bonds. The standard InChI is InChI=1S/C10H9F3N4O/c1-6(18)16(2)17-9-4-3-7(10(11,12)13)5-8(9)14-15-17/h3-5H,1-2H3. The molecule has 8 heteroatoms. The highest BCUT2D eigenvalue weighted by Crippen LogP contribution is 2.30. The minimum atomic E-state index is -4.43. The number of fused-ring (bicyclic) bond motifs is 1. The number of halogens is 3. The topological polar surface area (TPSA) is 51.0 Å². The van der Waals surface area contributed by atoms with Crippen LogP contribution in [0.3, 0.4) is 0 Å². The Bertz CT molecular complexity index is 605. The Labute approximate surface area is 99.8 Å². The molecular weight excluding hydrogens is 249 g/mol. The summed E-state index contributed by atoms with van der Waals surface area (Å²) in [6.45, 7) is 1.32. The minimum absolute atomic E-state index is 0.0814. The van der Waals surface area contributed by atoms with Crippen LogP contribution in [0.15, 0.2) is 18.2 Å². The van der Waals surface area contributed by atoms with E-state index in [0.29, 0.717) is 5.52 Å². The molecule has 2 rings (SSSR count). The first-order chi connectivity index (χ1) is 8.30. The van der Waals surface area contributed by atoms with E-state index in [1.165, 1.54) is 20.0 Å². The van der Waals surface area contributed by atoms with Gasteiger partial charge in [0.2, 0.25) is 5.91 Å². The molecule has 0 aliphatic rings. The van der Waals surface area contributed by atoms with E-state index in [-0.39, 0.29) is 11.4 Å². The van der Waals surface area contributed by atoms with Crippen LogP contribution in [-0.4, -0.2) is 28.1 Å². The molecule has 0 unspecified atom stereocenters. The van der Waals surface area contributed by atoms with E-state index in [1.807, 2.05) is 0 Å². The summed E-state index contributed by atoms with van der Waals surface area (Å²) < 4.78 is 37.5. The highest BCUT2D eigenvalue weighted by molar-refractivity contribution is 5.85. The van der Waals surface area contributed by atoms with Gasteiger partial charge in [-0.3, -0.25) is 4.79 Å². The molecule has 0 saturated carbocycles. The van der Waals surface area contributed by atoms with Gasteiger partial charge in [-0.25, -0.2) is 5.01 Å². The van der Waals surface area contributed by atoms with Gasteiger partial charge >= 0.3 is 6.18 Å². The van der Waals surface area contributed by atoms with E-state index >= 15 is 0 Å². The molecule has 18 heavy (non-hydrogen) atoms. The molecule has 5 nitrogen and oxygen atoms in total. The molecule has 0 fully saturated rings. The van der Waals surface area contributed by atoms with Crippen molar-refractivity contribution >= 4 is 16.9 Å². The number of hydrogen-bond acceptors (Lipinski definition) is 3. The maximum absolute atomic E-state index is 12.5. The highest BCUT2D eigenvalue weighted by Gasteiger charge is 2.31. The van der Waals surface area contributed by atoms with Gasteiger partial charge in [-0.05, 0) is 23.4 Å². The van der Waals surface area contributed by atoms with E-state index in [4.69, 9.17) is 0 Å². The van der Waals surface area contributed by atoms with Gasteiger partial charge in [-0.15, -0.1) is 9.89 Å². The number of amides is 1. The molecule has 0 aliphatic carbocycles. The Morgan fingerprint density at radius 3 is 2.61 bits per heavy atom. The molecule has 0 bridgehead atoms. The molecule has 0 saturated heterocycles. The number of benzene rings is 1. The lowest BCUT2D eigenvalue weighted by atomic mass is 10.2. The van der Waals surface area contributed by atoms with Crippen LogP contribution in [-0.2, 0) is 11.0 Å². The van der Waals surface area contributed by atoms with Gasteiger partial charge in [-0.2, -0.15) is 13.2 Å². The van der Waals surface area contributed by atoms with Gasteiger partial charge in [0.15, 0.2) is 0 Å². The summed E-state index contributed by atoms with van der Waals surface area (Å²) in [4.78, 5) is 12.3. The van der Waals surface area contributed by atoms with Gasteiger partial charge in [0.05, 0.1) is 5.56 Å². The molecule has 0 spiro atoms. The second-order valence-corrected chi connectivity index (χ2v) is 3.72. The monoisotopic (exact) mass is 258 g/mol. The van der Waals surface area contributed by atoms with Crippen molar-refractivity contribution < 1.29 is 18.0 Å². The van der Waals surface area contributed by atoms with Gasteiger partial charge in [0.25, 0.3) is 0 Å². The molecule has 1 heterocycles. The van der Waals surface area contributed by atoms with Crippen LogP contribution in [0.2, 0.25) is 0 Å². The maximum Gasteiger partial charge on any atom is 0.416 e. The maximum atomic E-state index is 12.5. The van der Waals surface area contributed by atoms with Gasteiger partial charge in [0, 0.05) is 14.0 Å². The predicted molar refractivity (Wildman–Crippen MR) is 57.4 cm³/mol. The summed E-state index contributed by atoms with van der Waals surface area (Å²) in [5.41, 5.74) is -0.383. The third kappa shape index (κ3) is 2.01. The first kappa shape index (κ1) is 12.3. The number of carbonyl (C=O) groups excluding carboxylic acids is 1. The smallest absolute Gasteiger partial charge is 0.273 e. The second-order valence-electron chi connectivity index (χ2n) is 3.72. The van der Waals surface area contributed by atoms with Gasteiger partial charge < -0.3 is 0 Å². The summed E-state index contributed by atoms with van der Waals surface area (Å²) in [6.07, 6.45) is -4.43. The zero-order chi connectivity index (χ0) is 13.5. The Hall–Kier alpha value is -2.12. The van der Waals surface area contributed by atoms with E-state index < -0.39 is 11.7 Å². The average molecular weight is 258 g/mol. The molecule has 1 aromatic carbocycles. The van der Waals surface area contributed by atoms with E-state index in [1.54, 1.807) is 0 Å². The third-order valence-corrected chi connectivity index (χ3v) is 2.50. The fourth-order valence-corrected chi connectivity index (χ4v) is 1.44. The van der Waals surface area contributed by atoms with Crippen LogP contribution < -0.4 is 5.01 Å². The highest BCUT2D eigenvalue weighted by atomic mass is 19.4. The van der Waals surface area contributed by atoms with E-state index in [2.05, 4.69) is 10.3 Å². The number of aromatic nitrogens is 3. The van der Waals surface area contributed by atoms with Crippen molar-refractivity contribution in [2.45, 2.75) is 13.1 Å². The fourth-order valence-electron chi connectivity index (χ4n) is 1.44.